The van der Waals surface area contributed by atoms with E-state index in [9.17, 15) is 9.90 Å². The lowest BCUT2D eigenvalue weighted by Gasteiger charge is -2.33. The first-order valence-electron chi connectivity index (χ1n) is 8.65. The number of aliphatic hydroxyl groups excluding tert-OH is 1. The van der Waals surface area contributed by atoms with E-state index in [0.717, 1.165) is 49.6 Å². The fourth-order valence-corrected chi connectivity index (χ4v) is 3.57. The summed E-state index contributed by atoms with van der Waals surface area (Å²) in [5.74, 6) is 0.605. The molecular weight excluding hydrogens is 336 g/mol. The van der Waals surface area contributed by atoms with Crippen LogP contribution in [0.15, 0.2) is 46.3 Å². The van der Waals surface area contributed by atoms with E-state index in [0.29, 0.717) is 5.03 Å². The van der Waals surface area contributed by atoms with Crippen LogP contribution >= 0.6 is 11.8 Å². The van der Waals surface area contributed by atoms with Gasteiger partial charge in [-0.2, -0.15) is 0 Å². The molecule has 1 heterocycles. The number of carbonyl (C=O) groups is 1. The number of nitrogens with one attached hydrogen (secondary N) is 1. The molecule has 5 nitrogen and oxygen atoms in total. The summed E-state index contributed by atoms with van der Waals surface area (Å²) in [7, 11) is 1.64. The van der Waals surface area contributed by atoms with Gasteiger partial charge in [-0.05, 0) is 38.3 Å². The van der Waals surface area contributed by atoms with Crippen molar-refractivity contribution in [3.8, 4) is 0 Å². The summed E-state index contributed by atoms with van der Waals surface area (Å²) < 4.78 is 5.16. The van der Waals surface area contributed by atoms with E-state index in [1.54, 1.807) is 19.3 Å². The van der Waals surface area contributed by atoms with Crippen molar-refractivity contribution in [2.75, 3.05) is 7.11 Å². The Bertz CT molecular complexity index is 567. The summed E-state index contributed by atoms with van der Waals surface area (Å²) in [6, 6.07) is -0.0577. The highest BCUT2D eigenvalue weighted by atomic mass is 32.2. The van der Waals surface area contributed by atoms with E-state index in [4.69, 9.17) is 10.5 Å². The van der Waals surface area contributed by atoms with Gasteiger partial charge < -0.3 is 20.9 Å². The molecular formula is C19H30N2O3S. The van der Waals surface area contributed by atoms with Crippen LogP contribution in [-0.4, -0.2) is 24.2 Å². The van der Waals surface area contributed by atoms with Gasteiger partial charge in [0.1, 0.15) is 10.7 Å². The zero-order valence-electron chi connectivity index (χ0n) is 15.4. The zero-order chi connectivity index (χ0) is 18.8. The number of rotatable bonds is 10. The van der Waals surface area contributed by atoms with Crippen molar-refractivity contribution in [2.24, 2.45) is 11.7 Å². The second-order valence-electron chi connectivity index (χ2n) is 6.05. The molecule has 0 radical (unpaired) electrons. The third-order valence-corrected chi connectivity index (χ3v) is 5.16. The van der Waals surface area contributed by atoms with Gasteiger partial charge in [-0.25, -0.2) is 0 Å². The Balaban J connectivity index is 3.02. The predicted octanol–water partition coefficient (Wildman–Crippen LogP) is 4.11. The van der Waals surface area contributed by atoms with Crippen LogP contribution in [0.2, 0.25) is 0 Å². The van der Waals surface area contributed by atoms with Crippen molar-refractivity contribution in [3.05, 3.63) is 46.3 Å². The van der Waals surface area contributed by atoms with Gasteiger partial charge in [-0.1, -0.05) is 44.2 Å². The summed E-state index contributed by atoms with van der Waals surface area (Å²) in [6.07, 6.45) is 9.56. The Morgan fingerprint density at radius 1 is 1.48 bits per heavy atom. The van der Waals surface area contributed by atoms with E-state index < -0.39 is 0 Å². The summed E-state index contributed by atoms with van der Waals surface area (Å²) in [5.41, 5.74) is 5.86. The van der Waals surface area contributed by atoms with Gasteiger partial charge >= 0.3 is 0 Å². The molecule has 0 aromatic rings. The van der Waals surface area contributed by atoms with Gasteiger partial charge in [0.25, 0.3) is 5.91 Å². The molecule has 0 aliphatic carbocycles. The summed E-state index contributed by atoms with van der Waals surface area (Å²) in [4.78, 5) is 12.7. The molecule has 1 amide bonds. The van der Waals surface area contributed by atoms with E-state index in [-0.39, 0.29) is 28.5 Å². The van der Waals surface area contributed by atoms with Crippen molar-refractivity contribution in [1.29, 1.82) is 0 Å². The third kappa shape index (κ3) is 6.53. The smallest absolute Gasteiger partial charge is 0.261 e. The molecule has 1 rings (SSSR count). The predicted molar refractivity (Wildman–Crippen MR) is 105 cm³/mol. The maximum absolute atomic E-state index is 12.4. The number of amides is 1. The SMILES string of the molecule is C=C/C=C(\N)SC1=C(O)C(CC/C=C(\C)OC)C(CCCC)NC1=O. The Hall–Kier alpha value is -1.82. The van der Waals surface area contributed by atoms with Crippen molar-refractivity contribution in [2.45, 2.75) is 52.0 Å². The van der Waals surface area contributed by atoms with Gasteiger partial charge in [0.05, 0.1) is 17.9 Å². The molecule has 4 N–H and O–H groups in total. The van der Waals surface area contributed by atoms with E-state index in [1.165, 1.54) is 0 Å². The Morgan fingerprint density at radius 3 is 2.80 bits per heavy atom. The molecule has 1 aliphatic rings. The fraction of sp³-hybridized carbons (Fsp3) is 0.526. The molecule has 2 unspecified atom stereocenters. The second kappa shape index (κ2) is 10.9. The standard InChI is InChI=1S/C19H30N2O3S/c1-5-7-12-15-14(11-8-10-13(3)24-4)17(22)18(19(23)21-15)25-16(20)9-6-2/h6,9-10,14-15,22H,2,5,7-8,11-12,20H2,1,3-4H3,(H,21,23)/b13-10+,16-9+. The maximum atomic E-state index is 12.4. The van der Waals surface area contributed by atoms with Gasteiger partial charge in [-0.15, -0.1) is 0 Å². The summed E-state index contributed by atoms with van der Waals surface area (Å²) >= 11 is 1.08. The lowest BCUT2D eigenvalue weighted by Crippen LogP contribution is -2.46. The number of ether oxygens (including phenoxy) is 1. The molecule has 0 bridgehead atoms. The average molecular weight is 367 g/mol. The van der Waals surface area contributed by atoms with E-state index in [1.807, 2.05) is 13.0 Å². The Kier molecular flexibility index (Phi) is 9.27. The minimum absolute atomic E-state index is 0.0577. The molecule has 0 fully saturated rings. The number of thioether (sulfide) groups is 1. The second-order valence-corrected chi connectivity index (χ2v) is 7.13. The highest BCUT2D eigenvalue weighted by Crippen LogP contribution is 2.35. The first kappa shape index (κ1) is 21.2. The molecule has 140 valence electrons. The Labute approximate surface area is 155 Å². The van der Waals surface area contributed by atoms with Gasteiger partial charge in [0.15, 0.2) is 0 Å². The van der Waals surface area contributed by atoms with Crippen LogP contribution in [-0.2, 0) is 9.53 Å². The van der Waals surface area contributed by atoms with Gasteiger partial charge in [0, 0.05) is 12.0 Å². The number of aliphatic hydroxyl groups is 1. The molecule has 0 spiro atoms. The number of hydrogen-bond acceptors (Lipinski definition) is 5. The number of carbonyl (C=O) groups excluding carboxylic acids is 1. The molecule has 0 aromatic heterocycles. The molecule has 0 saturated heterocycles. The number of methoxy groups -OCH3 is 1. The zero-order valence-corrected chi connectivity index (χ0v) is 16.2. The van der Waals surface area contributed by atoms with Crippen LogP contribution in [0.25, 0.3) is 0 Å². The molecule has 25 heavy (non-hydrogen) atoms. The molecule has 6 heteroatoms. The first-order valence-corrected chi connectivity index (χ1v) is 9.46. The number of nitrogens with two attached hydrogens (primary N) is 1. The number of allylic oxidation sites excluding steroid dienone is 4. The molecule has 0 aromatic carbocycles. The highest BCUT2D eigenvalue weighted by Gasteiger charge is 2.35. The normalized spacial score (nSPS) is 22.0. The van der Waals surface area contributed by atoms with Crippen LogP contribution < -0.4 is 11.1 Å². The van der Waals surface area contributed by atoms with Crippen molar-refractivity contribution < 1.29 is 14.6 Å². The van der Waals surface area contributed by atoms with E-state index in [2.05, 4.69) is 18.8 Å². The largest absolute Gasteiger partial charge is 0.511 e. The number of unbranched alkanes of at least 4 members (excludes halogenated alkanes) is 1. The van der Waals surface area contributed by atoms with Crippen molar-refractivity contribution >= 4 is 17.7 Å². The van der Waals surface area contributed by atoms with Crippen LogP contribution in [0, 0.1) is 5.92 Å². The fourth-order valence-electron chi connectivity index (χ4n) is 2.76. The first-order chi connectivity index (χ1) is 11.9. The van der Waals surface area contributed by atoms with Gasteiger partial charge in [0.2, 0.25) is 0 Å². The van der Waals surface area contributed by atoms with E-state index >= 15 is 0 Å². The van der Waals surface area contributed by atoms with Crippen LogP contribution in [0.5, 0.6) is 0 Å². The lowest BCUT2D eigenvalue weighted by molar-refractivity contribution is -0.119. The number of hydrogen-bond donors (Lipinski definition) is 3. The molecule has 1 aliphatic heterocycles. The average Bonchev–Trinajstić information content (AvgIpc) is 2.58. The highest BCUT2D eigenvalue weighted by molar-refractivity contribution is 8.07. The molecule has 0 saturated carbocycles. The quantitative estimate of drug-likeness (QED) is 0.400. The van der Waals surface area contributed by atoms with Crippen LogP contribution in [0.4, 0.5) is 0 Å². The van der Waals surface area contributed by atoms with Crippen LogP contribution in [0.3, 0.4) is 0 Å². The maximum Gasteiger partial charge on any atom is 0.261 e. The van der Waals surface area contributed by atoms with Crippen LogP contribution in [0.1, 0.15) is 46.0 Å². The summed E-state index contributed by atoms with van der Waals surface area (Å²) in [6.45, 7) is 7.60. The van der Waals surface area contributed by atoms with Crippen molar-refractivity contribution in [3.63, 3.8) is 0 Å². The Morgan fingerprint density at radius 2 is 2.20 bits per heavy atom. The topological polar surface area (TPSA) is 84.6 Å². The third-order valence-electron chi connectivity index (χ3n) is 4.19. The van der Waals surface area contributed by atoms with Crippen molar-refractivity contribution in [1.82, 2.24) is 5.32 Å². The molecule has 2 atom stereocenters. The minimum atomic E-state index is -0.260. The monoisotopic (exact) mass is 366 g/mol. The lowest BCUT2D eigenvalue weighted by atomic mass is 9.86. The minimum Gasteiger partial charge on any atom is -0.511 e. The summed E-state index contributed by atoms with van der Waals surface area (Å²) in [5, 5.41) is 14.2. The van der Waals surface area contributed by atoms with Gasteiger partial charge in [-0.3, -0.25) is 4.79 Å².